The topological polar surface area (TPSA) is 32.3 Å². The fourth-order valence-electron chi connectivity index (χ4n) is 1.85. The molecule has 0 saturated carbocycles. The van der Waals surface area contributed by atoms with Crippen LogP contribution in [0.2, 0.25) is 0 Å². The summed E-state index contributed by atoms with van der Waals surface area (Å²) in [7, 11) is 0. The highest BCUT2D eigenvalue weighted by molar-refractivity contribution is 4.68. The first-order chi connectivity index (χ1) is 6.60. The molecule has 3 atom stereocenters. The Morgan fingerprint density at radius 3 is 2.29 bits per heavy atom. The van der Waals surface area contributed by atoms with Crippen molar-refractivity contribution in [2.75, 3.05) is 0 Å². The Balaban J connectivity index is 3.68. The van der Waals surface area contributed by atoms with E-state index in [2.05, 4.69) is 26.1 Å². The molecule has 2 heteroatoms. The molecule has 0 aliphatic rings. The van der Waals surface area contributed by atoms with Gasteiger partial charge in [-0.1, -0.05) is 40.0 Å². The largest absolute Gasteiger partial charge is 0.379 e. The summed E-state index contributed by atoms with van der Waals surface area (Å²) < 4.78 is 0. The van der Waals surface area contributed by atoms with E-state index in [9.17, 15) is 5.11 Å². The second-order valence-electron chi connectivity index (χ2n) is 4.43. The van der Waals surface area contributed by atoms with Gasteiger partial charge in [0, 0.05) is 6.04 Å². The molecule has 0 aliphatic carbocycles. The van der Waals surface area contributed by atoms with Gasteiger partial charge in [-0.3, -0.25) is 5.32 Å². The van der Waals surface area contributed by atoms with E-state index in [4.69, 9.17) is 0 Å². The number of rotatable bonds is 8. The van der Waals surface area contributed by atoms with Gasteiger partial charge in [0.05, 0.1) is 0 Å². The second kappa shape index (κ2) is 8.25. The molecule has 0 saturated heterocycles. The van der Waals surface area contributed by atoms with Crippen LogP contribution in [0.5, 0.6) is 0 Å². The van der Waals surface area contributed by atoms with Crippen LogP contribution in [-0.2, 0) is 0 Å². The summed E-state index contributed by atoms with van der Waals surface area (Å²) in [4.78, 5) is 0. The third kappa shape index (κ3) is 7.34. The number of aliphatic hydroxyl groups excluding tert-OH is 1. The molecular weight excluding hydrogens is 174 g/mol. The smallest absolute Gasteiger partial charge is 0.102 e. The molecule has 0 rings (SSSR count). The Morgan fingerprint density at radius 1 is 1.21 bits per heavy atom. The predicted octanol–water partition coefficient (Wildman–Crippen LogP) is 2.91. The molecule has 0 bridgehead atoms. The van der Waals surface area contributed by atoms with Crippen molar-refractivity contribution in [3.8, 4) is 0 Å². The van der Waals surface area contributed by atoms with Crippen molar-refractivity contribution in [3.05, 3.63) is 0 Å². The maximum absolute atomic E-state index is 9.23. The zero-order chi connectivity index (χ0) is 11.0. The first-order valence-electron chi connectivity index (χ1n) is 6.04. The van der Waals surface area contributed by atoms with E-state index >= 15 is 0 Å². The van der Waals surface area contributed by atoms with Gasteiger partial charge in [-0.15, -0.1) is 0 Å². The average molecular weight is 201 g/mol. The minimum absolute atomic E-state index is 0.377. The zero-order valence-electron chi connectivity index (χ0n) is 10.2. The second-order valence-corrected chi connectivity index (χ2v) is 4.43. The molecule has 3 unspecified atom stereocenters. The van der Waals surface area contributed by atoms with Crippen molar-refractivity contribution in [2.45, 2.75) is 72.1 Å². The SMILES string of the molecule is CCCCC(C)CC(CC)NC(C)O. The van der Waals surface area contributed by atoms with Crippen molar-refractivity contribution in [2.24, 2.45) is 5.92 Å². The average Bonchev–Trinajstić information content (AvgIpc) is 2.12. The third-order valence-corrected chi connectivity index (χ3v) is 2.71. The van der Waals surface area contributed by atoms with Crippen molar-refractivity contribution in [3.63, 3.8) is 0 Å². The maximum Gasteiger partial charge on any atom is 0.102 e. The number of hydrogen-bond acceptors (Lipinski definition) is 2. The molecule has 0 radical (unpaired) electrons. The van der Waals surface area contributed by atoms with Gasteiger partial charge in [-0.2, -0.15) is 0 Å². The molecule has 0 aromatic heterocycles. The lowest BCUT2D eigenvalue weighted by Gasteiger charge is -2.22. The van der Waals surface area contributed by atoms with Crippen LogP contribution in [0.1, 0.15) is 59.8 Å². The predicted molar refractivity (Wildman–Crippen MR) is 62.2 cm³/mol. The first kappa shape index (κ1) is 13.9. The van der Waals surface area contributed by atoms with Gasteiger partial charge in [0.25, 0.3) is 0 Å². The van der Waals surface area contributed by atoms with Gasteiger partial charge in [-0.05, 0) is 25.7 Å². The van der Waals surface area contributed by atoms with Crippen molar-refractivity contribution in [1.29, 1.82) is 0 Å². The van der Waals surface area contributed by atoms with Crippen LogP contribution < -0.4 is 5.32 Å². The van der Waals surface area contributed by atoms with Crippen LogP contribution in [-0.4, -0.2) is 17.4 Å². The van der Waals surface area contributed by atoms with Crippen LogP contribution in [0, 0.1) is 5.92 Å². The Kier molecular flexibility index (Phi) is 8.20. The summed E-state index contributed by atoms with van der Waals surface area (Å²) in [6.45, 7) is 8.51. The number of unbranched alkanes of at least 4 members (excludes halogenated alkanes) is 1. The van der Waals surface area contributed by atoms with Crippen LogP contribution in [0.4, 0.5) is 0 Å². The Bertz CT molecular complexity index is 125. The van der Waals surface area contributed by atoms with Crippen LogP contribution >= 0.6 is 0 Å². The summed E-state index contributed by atoms with van der Waals surface area (Å²) in [5, 5.41) is 12.4. The standard InChI is InChI=1S/C12H27NO/c1-5-7-8-10(3)9-12(6-2)13-11(4)14/h10-14H,5-9H2,1-4H3. The highest BCUT2D eigenvalue weighted by Crippen LogP contribution is 2.15. The van der Waals surface area contributed by atoms with E-state index in [0.717, 1.165) is 12.3 Å². The lowest BCUT2D eigenvalue weighted by Crippen LogP contribution is -2.36. The van der Waals surface area contributed by atoms with Gasteiger partial charge in [0.15, 0.2) is 0 Å². The molecule has 0 spiro atoms. The summed E-state index contributed by atoms with van der Waals surface area (Å²) >= 11 is 0. The highest BCUT2D eigenvalue weighted by Gasteiger charge is 2.12. The third-order valence-electron chi connectivity index (χ3n) is 2.71. The molecule has 14 heavy (non-hydrogen) atoms. The molecule has 2 nitrogen and oxygen atoms in total. The van der Waals surface area contributed by atoms with E-state index in [-0.39, 0.29) is 6.23 Å². The fraction of sp³-hybridized carbons (Fsp3) is 1.00. The Hall–Kier alpha value is -0.0800. The van der Waals surface area contributed by atoms with Crippen molar-refractivity contribution >= 4 is 0 Å². The van der Waals surface area contributed by atoms with Gasteiger partial charge in [0.1, 0.15) is 6.23 Å². The molecule has 0 aromatic carbocycles. The molecule has 0 heterocycles. The molecule has 86 valence electrons. The monoisotopic (exact) mass is 201 g/mol. The molecule has 0 amide bonds. The van der Waals surface area contributed by atoms with E-state index in [0.29, 0.717) is 6.04 Å². The molecule has 2 N–H and O–H groups in total. The summed E-state index contributed by atoms with van der Waals surface area (Å²) in [5.41, 5.74) is 0. The van der Waals surface area contributed by atoms with E-state index in [1.54, 1.807) is 6.92 Å². The first-order valence-corrected chi connectivity index (χ1v) is 6.04. The quantitative estimate of drug-likeness (QED) is 0.592. The van der Waals surface area contributed by atoms with Crippen molar-refractivity contribution < 1.29 is 5.11 Å². The lowest BCUT2D eigenvalue weighted by atomic mass is 9.95. The summed E-state index contributed by atoms with van der Waals surface area (Å²) in [6.07, 6.45) is 5.83. The highest BCUT2D eigenvalue weighted by atomic mass is 16.3. The molecule has 0 aromatic rings. The van der Waals surface area contributed by atoms with Gasteiger partial charge < -0.3 is 5.11 Å². The lowest BCUT2D eigenvalue weighted by molar-refractivity contribution is 0.132. The zero-order valence-corrected chi connectivity index (χ0v) is 10.2. The minimum Gasteiger partial charge on any atom is -0.379 e. The Labute approximate surface area is 89.1 Å². The fourth-order valence-corrected chi connectivity index (χ4v) is 1.85. The van der Waals surface area contributed by atoms with Crippen LogP contribution in [0.15, 0.2) is 0 Å². The normalized spacial score (nSPS) is 17.8. The molecular formula is C12H27NO. The molecule has 0 fully saturated rings. The van der Waals surface area contributed by atoms with E-state index in [1.807, 2.05) is 0 Å². The van der Waals surface area contributed by atoms with Gasteiger partial charge in [-0.25, -0.2) is 0 Å². The van der Waals surface area contributed by atoms with Gasteiger partial charge in [0.2, 0.25) is 0 Å². The van der Waals surface area contributed by atoms with Gasteiger partial charge >= 0.3 is 0 Å². The van der Waals surface area contributed by atoms with E-state index in [1.165, 1.54) is 25.7 Å². The van der Waals surface area contributed by atoms with Crippen LogP contribution in [0.25, 0.3) is 0 Å². The van der Waals surface area contributed by atoms with E-state index < -0.39 is 0 Å². The summed E-state index contributed by atoms with van der Waals surface area (Å²) in [6, 6.07) is 0.474. The minimum atomic E-state index is -0.377. The summed E-state index contributed by atoms with van der Waals surface area (Å²) in [5.74, 6) is 0.770. The number of hydrogen-bond donors (Lipinski definition) is 2. The number of aliphatic hydroxyl groups is 1. The molecule has 0 aliphatic heterocycles. The Morgan fingerprint density at radius 2 is 1.86 bits per heavy atom. The van der Waals surface area contributed by atoms with Crippen LogP contribution in [0.3, 0.4) is 0 Å². The maximum atomic E-state index is 9.23. The van der Waals surface area contributed by atoms with Crippen molar-refractivity contribution in [1.82, 2.24) is 5.32 Å². The number of nitrogens with one attached hydrogen (secondary N) is 1.